The number of benzene rings is 2. The van der Waals surface area contributed by atoms with E-state index >= 15 is 0 Å². The van der Waals surface area contributed by atoms with Gasteiger partial charge in [-0.25, -0.2) is 4.98 Å². The quantitative estimate of drug-likeness (QED) is 0.427. The van der Waals surface area contributed by atoms with Crippen molar-refractivity contribution in [3.05, 3.63) is 65.5 Å². The summed E-state index contributed by atoms with van der Waals surface area (Å²) in [6.45, 7) is 5.10. The first-order valence-corrected chi connectivity index (χ1v) is 10.7. The van der Waals surface area contributed by atoms with Crippen LogP contribution in [0, 0.1) is 13.8 Å². The largest absolute Gasteiger partial charge is 0.493 e. The van der Waals surface area contributed by atoms with Gasteiger partial charge in [0.2, 0.25) is 0 Å². The molecule has 0 aliphatic carbocycles. The fourth-order valence-corrected chi connectivity index (χ4v) is 4.68. The number of aromatic nitrogens is 3. The molecule has 31 heavy (non-hydrogen) atoms. The van der Waals surface area contributed by atoms with Crippen LogP contribution in [0.4, 0.5) is 5.13 Å². The minimum absolute atomic E-state index is 0.151. The number of nitrogens with zero attached hydrogens (tertiary/aromatic N) is 4. The van der Waals surface area contributed by atoms with Gasteiger partial charge in [0.1, 0.15) is 0 Å². The molecule has 0 fully saturated rings. The van der Waals surface area contributed by atoms with E-state index in [0.717, 1.165) is 15.8 Å². The van der Waals surface area contributed by atoms with E-state index in [-0.39, 0.29) is 5.91 Å². The number of fused-ring (bicyclic) bond motifs is 1. The average molecular weight is 437 g/mol. The first-order chi connectivity index (χ1) is 15.0. The molecule has 0 N–H and O–H groups in total. The monoisotopic (exact) mass is 436 g/mol. The summed E-state index contributed by atoms with van der Waals surface area (Å²) in [6, 6.07) is 11.3. The topological polar surface area (TPSA) is 69.5 Å². The lowest BCUT2D eigenvalue weighted by atomic mass is 10.1. The van der Waals surface area contributed by atoms with E-state index in [1.165, 1.54) is 16.9 Å². The molecule has 2 heterocycles. The summed E-state index contributed by atoms with van der Waals surface area (Å²) in [7, 11) is 3.13. The van der Waals surface area contributed by atoms with Crippen molar-refractivity contribution >= 4 is 32.6 Å². The Morgan fingerprint density at radius 2 is 1.94 bits per heavy atom. The molecular weight excluding hydrogens is 412 g/mol. The molecule has 2 aromatic carbocycles. The standard InChI is InChI=1S/C23H24N4O3S/c1-15-12-16(2)21-20(13-15)31-23(25-21)27(11-10-26-9-5-8-24-26)22(28)17-6-7-18(29-3)19(14-17)30-4/h5-9,12-14H,10-11H2,1-4H3. The van der Waals surface area contributed by atoms with Gasteiger partial charge in [-0.15, -0.1) is 0 Å². The summed E-state index contributed by atoms with van der Waals surface area (Å²) in [5, 5.41) is 4.92. The van der Waals surface area contributed by atoms with Crippen LogP contribution in [0.3, 0.4) is 0 Å². The number of hydrogen-bond donors (Lipinski definition) is 0. The van der Waals surface area contributed by atoms with Gasteiger partial charge < -0.3 is 9.47 Å². The van der Waals surface area contributed by atoms with Gasteiger partial charge in [-0.1, -0.05) is 17.4 Å². The van der Waals surface area contributed by atoms with Gasteiger partial charge in [0.05, 0.1) is 31.0 Å². The summed E-state index contributed by atoms with van der Waals surface area (Å²) in [5.74, 6) is 0.936. The van der Waals surface area contributed by atoms with E-state index in [4.69, 9.17) is 14.5 Å². The zero-order valence-corrected chi connectivity index (χ0v) is 18.8. The molecule has 0 unspecified atom stereocenters. The van der Waals surface area contributed by atoms with Crippen molar-refractivity contribution in [2.75, 3.05) is 25.7 Å². The normalized spacial score (nSPS) is 11.0. The van der Waals surface area contributed by atoms with E-state index in [9.17, 15) is 4.79 Å². The minimum atomic E-state index is -0.151. The molecular formula is C23H24N4O3S. The Morgan fingerprint density at radius 1 is 1.13 bits per heavy atom. The van der Waals surface area contributed by atoms with Crippen LogP contribution in [0.15, 0.2) is 48.8 Å². The summed E-state index contributed by atoms with van der Waals surface area (Å²) < 4.78 is 13.6. The molecule has 0 bridgehead atoms. The molecule has 0 aliphatic rings. The van der Waals surface area contributed by atoms with Crippen molar-refractivity contribution in [3.63, 3.8) is 0 Å². The number of amides is 1. The van der Waals surface area contributed by atoms with Crippen LogP contribution in [-0.2, 0) is 6.54 Å². The van der Waals surface area contributed by atoms with E-state index in [0.29, 0.717) is 35.3 Å². The molecule has 0 saturated heterocycles. The highest BCUT2D eigenvalue weighted by molar-refractivity contribution is 7.22. The van der Waals surface area contributed by atoms with Gasteiger partial charge >= 0.3 is 0 Å². The summed E-state index contributed by atoms with van der Waals surface area (Å²) in [4.78, 5) is 20.1. The Morgan fingerprint density at radius 3 is 2.65 bits per heavy atom. The molecule has 0 atom stereocenters. The lowest BCUT2D eigenvalue weighted by molar-refractivity contribution is 0.0985. The number of anilines is 1. The second-order valence-electron chi connectivity index (χ2n) is 7.22. The van der Waals surface area contributed by atoms with Crippen LogP contribution >= 0.6 is 11.3 Å². The zero-order chi connectivity index (χ0) is 22.0. The lowest BCUT2D eigenvalue weighted by Gasteiger charge is -2.20. The molecule has 8 heteroatoms. The molecule has 160 valence electrons. The van der Waals surface area contributed by atoms with Crippen molar-refractivity contribution < 1.29 is 14.3 Å². The maximum absolute atomic E-state index is 13.6. The predicted molar refractivity (Wildman–Crippen MR) is 123 cm³/mol. The highest BCUT2D eigenvalue weighted by Crippen LogP contribution is 2.33. The van der Waals surface area contributed by atoms with E-state index in [1.807, 2.05) is 19.2 Å². The number of methoxy groups -OCH3 is 2. The Balaban J connectivity index is 1.73. The highest BCUT2D eigenvalue weighted by atomic mass is 32.1. The Kier molecular flexibility index (Phi) is 5.90. The summed E-state index contributed by atoms with van der Waals surface area (Å²) in [5.41, 5.74) is 3.71. The van der Waals surface area contributed by atoms with Crippen LogP contribution in [0.5, 0.6) is 11.5 Å². The highest BCUT2D eigenvalue weighted by Gasteiger charge is 2.23. The number of aryl methyl sites for hydroxylation is 2. The molecule has 4 aromatic rings. The molecule has 0 aliphatic heterocycles. The minimum Gasteiger partial charge on any atom is -0.493 e. The van der Waals surface area contributed by atoms with E-state index < -0.39 is 0 Å². The lowest BCUT2D eigenvalue weighted by Crippen LogP contribution is -2.34. The van der Waals surface area contributed by atoms with Crippen LogP contribution in [0.1, 0.15) is 21.5 Å². The van der Waals surface area contributed by atoms with Gasteiger partial charge in [0, 0.05) is 24.5 Å². The van der Waals surface area contributed by atoms with Crippen molar-refractivity contribution in [2.45, 2.75) is 20.4 Å². The second-order valence-corrected chi connectivity index (χ2v) is 8.23. The van der Waals surface area contributed by atoms with Gasteiger partial charge in [-0.05, 0) is 55.3 Å². The molecule has 1 amide bonds. The smallest absolute Gasteiger partial charge is 0.260 e. The van der Waals surface area contributed by atoms with Crippen LogP contribution < -0.4 is 14.4 Å². The van der Waals surface area contributed by atoms with Gasteiger partial charge in [0.25, 0.3) is 5.91 Å². The number of carbonyl (C=O) groups is 1. The number of thiazole rings is 1. The van der Waals surface area contributed by atoms with Gasteiger partial charge in [-0.2, -0.15) is 5.10 Å². The predicted octanol–water partition coefficient (Wildman–Crippen LogP) is 4.47. The van der Waals surface area contributed by atoms with Gasteiger partial charge in [-0.3, -0.25) is 14.4 Å². The van der Waals surface area contributed by atoms with Gasteiger partial charge in [0.15, 0.2) is 16.6 Å². The fourth-order valence-electron chi connectivity index (χ4n) is 3.52. The molecule has 0 saturated carbocycles. The van der Waals surface area contributed by atoms with E-state index in [2.05, 4.69) is 24.2 Å². The number of carbonyl (C=O) groups excluding carboxylic acids is 1. The molecule has 2 aromatic heterocycles. The third-order valence-corrected chi connectivity index (χ3v) is 6.06. The van der Waals surface area contributed by atoms with Crippen LogP contribution in [0.25, 0.3) is 10.2 Å². The Labute approximate surface area is 184 Å². The Bertz CT molecular complexity index is 1220. The maximum atomic E-state index is 13.6. The van der Waals surface area contributed by atoms with Crippen LogP contribution in [-0.4, -0.2) is 41.4 Å². The van der Waals surface area contributed by atoms with Crippen molar-refractivity contribution in [2.24, 2.45) is 0 Å². The van der Waals surface area contributed by atoms with Crippen LogP contribution in [0.2, 0.25) is 0 Å². The molecule has 4 rings (SSSR count). The number of ether oxygens (including phenoxy) is 2. The third kappa shape index (κ3) is 4.25. The molecule has 7 nitrogen and oxygen atoms in total. The summed E-state index contributed by atoms with van der Waals surface area (Å²) in [6.07, 6.45) is 3.61. The maximum Gasteiger partial charge on any atom is 0.260 e. The fraction of sp³-hybridized carbons (Fsp3) is 0.261. The molecule has 0 radical (unpaired) electrons. The van der Waals surface area contributed by atoms with E-state index in [1.54, 1.807) is 48.2 Å². The zero-order valence-electron chi connectivity index (χ0n) is 18.0. The first-order valence-electron chi connectivity index (χ1n) is 9.89. The number of rotatable bonds is 7. The average Bonchev–Trinajstić information content (AvgIpc) is 3.43. The SMILES string of the molecule is COc1ccc(C(=O)N(CCn2cccn2)c2nc3c(C)cc(C)cc3s2)cc1OC. The molecule has 0 spiro atoms. The third-order valence-electron chi connectivity index (χ3n) is 5.04. The van der Waals surface area contributed by atoms with Crippen molar-refractivity contribution in [3.8, 4) is 11.5 Å². The second kappa shape index (κ2) is 8.77. The summed E-state index contributed by atoms with van der Waals surface area (Å²) >= 11 is 1.52. The number of hydrogen-bond acceptors (Lipinski definition) is 6. The first kappa shape index (κ1) is 20.9. The van der Waals surface area contributed by atoms with Crippen molar-refractivity contribution in [1.82, 2.24) is 14.8 Å². The Hall–Kier alpha value is -3.39. The van der Waals surface area contributed by atoms with Crippen molar-refractivity contribution in [1.29, 1.82) is 0 Å².